The van der Waals surface area contributed by atoms with E-state index >= 15 is 0 Å². The zero-order chi connectivity index (χ0) is 22.5. The van der Waals surface area contributed by atoms with Crippen LogP contribution in [0.4, 0.5) is 15.8 Å². The molecular weight excluding hydrogens is 409 g/mol. The Morgan fingerprint density at radius 2 is 1.84 bits per heavy atom. The SMILES string of the molecule is N#Cc1cc(NC(=O)c2ccn(-c3ccc(F)cc3)c2)ccc1N1CCN(CCO)CC1. The predicted molar refractivity (Wildman–Crippen MR) is 121 cm³/mol. The van der Waals surface area contributed by atoms with Gasteiger partial charge in [0.1, 0.15) is 11.9 Å². The summed E-state index contributed by atoms with van der Waals surface area (Å²) in [6.45, 7) is 4.01. The maximum atomic E-state index is 13.1. The highest BCUT2D eigenvalue weighted by atomic mass is 19.1. The van der Waals surface area contributed by atoms with Crippen molar-refractivity contribution in [1.82, 2.24) is 9.47 Å². The molecule has 1 amide bonds. The quantitative estimate of drug-likeness (QED) is 0.625. The largest absolute Gasteiger partial charge is 0.395 e. The second-order valence-corrected chi connectivity index (χ2v) is 7.63. The summed E-state index contributed by atoms with van der Waals surface area (Å²) in [6.07, 6.45) is 3.41. The van der Waals surface area contributed by atoms with Crippen LogP contribution in [0.1, 0.15) is 15.9 Å². The molecule has 1 aliphatic heterocycles. The van der Waals surface area contributed by atoms with Crippen molar-refractivity contribution in [3.8, 4) is 11.8 Å². The lowest BCUT2D eigenvalue weighted by Crippen LogP contribution is -2.47. The van der Waals surface area contributed by atoms with Gasteiger partial charge in [0.25, 0.3) is 5.91 Å². The number of anilines is 2. The van der Waals surface area contributed by atoms with Gasteiger partial charge in [-0.3, -0.25) is 9.69 Å². The van der Waals surface area contributed by atoms with Gasteiger partial charge in [-0.1, -0.05) is 0 Å². The Morgan fingerprint density at radius 3 is 2.53 bits per heavy atom. The first-order valence-corrected chi connectivity index (χ1v) is 10.4. The van der Waals surface area contributed by atoms with E-state index in [0.717, 1.165) is 37.6 Å². The third kappa shape index (κ3) is 4.80. The van der Waals surface area contributed by atoms with E-state index in [1.165, 1.54) is 12.1 Å². The number of benzene rings is 2. The van der Waals surface area contributed by atoms with E-state index in [9.17, 15) is 14.4 Å². The molecule has 1 saturated heterocycles. The Balaban J connectivity index is 1.44. The Morgan fingerprint density at radius 1 is 1.09 bits per heavy atom. The standard InChI is InChI=1S/C24H24FN5O2/c25-20-1-4-22(5-2-20)30-8-7-18(17-30)24(32)27-21-3-6-23(19(15-21)16-26)29-11-9-28(10-12-29)13-14-31/h1-8,15,17,31H,9-14H2,(H,27,32). The van der Waals surface area contributed by atoms with Gasteiger partial charge in [0, 0.05) is 56.5 Å². The van der Waals surface area contributed by atoms with Gasteiger partial charge in [-0.25, -0.2) is 4.39 Å². The molecule has 164 valence electrons. The Kier molecular flexibility index (Phi) is 6.50. The fraction of sp³-hybridized carbons (Fsp3) is 0.250. The molecule has 0 unspecified atom stereocenters. The summed E-state index contributed by atoms with van der Waals surface area (Å²) >= 11 is 0. The van der Waals surface area contributed by atoms with Crippen LogP contribution in [0.15, 0.2) is 60.9 Å². The third-order valence-corrected chi connectivity index (χ3v) is 5.58. The highest BCUT2D eigenvalue weighted by Crippen LogP contribution is 2.25. The van der Waals surface area contributed by atoms with Crippen LogP contribution < -0.4 is 10.2 Å². The van der Waals surface area contributed by atoms with Crippen molar-refractivity contribution in [2.45, 2.75) is 0 Å². The van der Waals surface area contributed by atoms with Crippen LogP contribution in [0.2, 0.25) is 0 Å². The molecule has 1 aliphatic rings. The minimum absolute atomic E-state index is 0.144. The average Bonchev–Trinajstić information content (AvgIpc) is 3.31. The van der Waals surface area contributed by atoms with Crippen molar-refractivity contribution >= 4 is 17.3 Å². The van der Waals surface area contributed by atoms with Gasteiger partial charge in [-0.05, 0) is 48.5 Å². The molecule has 8 heteroatoms. The molecule has 0 radical (unpaired) electrons. The summed E-state index contributed by atoms with van der Waals surface area (Å²) in [7, 11) is 0. The number of carbonyl (C=O) groups excluding carboxylic acids is 1. The van der Waals surface area contributed by atoms with Crippen LogP contribution in [0.25, 0.3) is 5.69 Å². The summed E-state index contributed by atoms with van der Waals surface area (Å²) in [4.78, 5) is 17.0. The lowest BCUT2D eigenvalue weighted by Gasteiger charge is -2.36. The van der Waals surface area contributed by atoms with Gasteiger partial charge < -0.3 is 19.9 Å². The number of aliphatic hydroxyl groups is 1. The first-order chi connectivity index (χ1) is 15.6. The number of aliphatic hydroxyl groups excluding tert-OH is 1. The van der Waals surface area contributed by atoms with Crippen LogP contribution in [-0.4, -0.2) is 59.8 Å². The highest BCUT2D eigenvalue weighted by molar-refractivity contribution is 6.04. The third-order valence-electron chi connectivity index (χ3n) is 5.58. The van der Waals surface area contributed by atoms with E-state index < -0.39 is 0 Å². The van der Waals surface area contributed by atoms with Crippen molar-refractivity contribution in [2.75, 3.05) is 49.5 Å². The molecule has 2 N–H and O–H groups in total. The number of rotatable bonds is 6. The molecule has 3 aromatic rings. The lowest BCUT2D eigenvalue weighted by atomic mass is 10.1. The van der Waals surface area contributed by atoms with Crippen LogP contribution in [0, 0.1) is 17.1 Å². The topological polar surface area (TPSA) is 84.5 Å². The van der Waals surface area contributed by atoms with E-state index in [-0.39, 0.29) is 18.3 Å². The van der Waals surface area contributed by atoms with Crippen molar-refractivity contribution in [3.63, 3.8) is 0 Å². The van der Waals surface area contributed by atoms with Crippen LogP contribution in [0.3, 0.4) is 0 Å². The molecule has 0 aliphatic carbocycles. The summed E-state index contributed by atoms with van der Waals surface area (Å²) < 4.78 is 14.9. The molecule has 32 heavy (non-hydrogen) atoms. The number of β-amino-alcohol motifs (C(OH)–C–C–N with tert-alkyl or cyclic N) is 1. The molecular formula is C24H24FN5O2. The number of hydrogen-bond acceptors (Lipinski definition) is 5. The minimum Gasteiger partial charge on any atom is -0.395 e. The Labute approximate surface area is 185 Å². The predicted octanol–water partition coefficient (Wildman–Crippen LogP) is 2.85. The first-order valence-electron chi connectivity index (χ1n) is 10.4. The number of aromatic nitrogens is 1. The molecule has 0 atom stereocenters. The molecule has 2 heterocycles. The number of piperazine rings is 1. The fourth-order valence-electron chi connectivity index (χ4n) is 3.84. The normalized spacial score (nSPS) is 14.2. The van der Waals surface area contributed by atoms with Gasteiger partial charge in [0.15, 0.2) is 0 Å². The minimum atomic E-state index is -0.317. The monoisotopic (exact) mass is 433 g/mol. The van der Waals surface area contributed by atoms with E-state index in [0.29, 0.717) is 23.4 Å². The average molecular weight is 433 g/mol. The molecule has 0 spiro atoms. The van der Waals surface area contributed by atoms with Crippen LogP contribution >= 0.6 is 0 Å². The molecule has 0 saturated carbocycles. The second-order valence-electron chi connectivity index (χ2n) is 7.63. The van der Waals surface area contributed by atoms with Crippen molar-refractivity contribution in [1.29, 1.82) is 5.26 Å². The summed E-state index contributed by atoms with van der Waals surface area (Å²) in [5.41, 5.74) is 3.10. The maximum absolute atomic E-state index is 13.1. The first kappa shape index (κ1) is 21.6. The van der Waals surface area contributed by atoms with Crippen molar-refractivity contribution in [3.05, 3.63) is 77.9 Å². The highest BCUT2D eigenvalue weighted by Gasteiger charge is 2.19. The Hall–Kier alpha value is -3.67. The van der Waals surface area contributed by atoms with Crippen molar-refractivity contribution < 1.29 is 14.3 Å². The maximum Gasteiger partial charge on any atom is 0.257 e. The van der Waals surface area contributed by atoms with E-state index in [4.69, 9.17) is 5.11 Å². The number of amides is 1. The van der Waals surface area contributed by atoms with Gasteiger partial charge in [0.2, 0.25) is 0 Å². The van der Waals surface area contributed by atoms with Gasteiger partial charge in [0.05, 0.1) is 23.4 Å². The molecule has 2 aromatic carbocycles. The Bertz CT molecular complexity index is 1130. The molecule has 1 aromatic heterocycles. The van der Waals surface area contributed by atoms with Gasteiger partial charge >= 0.3 is 0 Å². The zero-order valence-electron chi connectivity index (χ0n) is 17.5. The van der Waals surface area contributed by atoms with Crippen LogP contribution in [0.5, 0.6) is 0 Å². The van der Waals surface area contributed by atoms with E-state index in [2.05, 4.69) is 21.2 Å². The number of nitrogens with zero attached hydrogens (tertiary/aromatic N) is 4. The summed E-state index contributed by atoms with van der Waals surface area (Å²) in [5, 5.41) is 21.6. The molecule has 4 rings (SSSR count). The zero-order valence-corrected chi connectivity index (χ0v) is 17.5. The second kappa shape index (κ2) is 9.64. The van der Waals surface area contributed by atoms with Crippen molar-refractivity contribution in [2.24, 2.45) is 0 Å². The van der Waals surface area contributed by atoms with E-state index in [1.807, 2.05) is 6.07 Å². The molecule has 7 nitrogen and oxygen atoms in total. The van der Waals surface area contributed by atoms with E-state index in [1.54, 1.807) is 47.3 Å². The van der Waals surface area contributed by atoms with Gasteiger partial charge in [-0.2, -0.15) is 5.26 Å². The summed E-state index contributed by atoms with van der Waals surface area (Å²) in [5.74, 6) is -0.609. The number of nitriles is 1. The number of hydrogen-bond donors (Lipinski definition) is 2. The molecule has 1 fully saturated rings. The van der Waals surface area contributed by atoms with Crippen LogP contribution in [-0.2, 0) is 0 Å². The molecule has 0 bridgehead atoms. The number of carbonyl (C=O) groups is 1. The smallest absolute Gasteiger partial charge is 0.257 e. The number of halogens is 1. The number of nitrogens with one attached hydrogen (secondary N) is 1. The summed E-state index contributed by atoms with van der Waals surface area (Å²) in [6, 6.07) is 15.3. The lowest BCUT2D eigenvalue weighted by molar-refractivity contribution is 0.102. The fourth-order valence-corrected chi connectivity index (χ4v) is 3.84. The van der Waals surface area contributed by atoms with Gasteiger partial charge in [-0.15, -0.1) is 0 Å².